The van der Waals surface area contributed by atoms with Gasteiger partial charge < -0.3 is 20.2 Å². The van der Waals surface area contributed by atoms with Gasteiger partial charge >= 0.3 is 5.91 Å². The molecule has 1 amide bonds. The minimum absolute atomic E-state index is 0. The fourth-order valence-electron chi connectivity index (χ4n) is 2.73. The molecule has 1 heterocycles. The van der Waals surface area contributed by atoms with Crippen LogP contribution in [0.3, 0.4) is 0 Å². The highest BCUT2D eigenvalue weighted by molar-refractivity contribution is 7.90. The highest BCUT2D eigenvalue weighted by Crippen LogP contribution is 2.29. The first-order chi connectivity index (χ1) is 14.1. The molecule has 0 bridgehead atoms. The van der Waals surface area contributed by atoms with Crippen LogP contribution in [-0.2, 0) is 10.0 Å². The van der Waals surface area contributed by atoms with Gasteiger partial charge in [0.25, 0.3) is 15.7 Å². The van der Waals surface area contributed by atoms with Gasteiger partial charge in [-0.25, -0.2) is 13.1 Å². The number of benzene rings is 2. The van der Waals surface area contributed by atoms with Crippen LogP contribution in [-0.4, -0.2) is 40.0 Å². The number of nitrogens with zero attached hydrogens (tertiary/aromatic N) is 2. The van der Waals surface area contributed by atoms with Gasteiger partial charge in [0, 0.05) is 43.4 Å². The van der Waals surface area contributed by atoms with Crippen molar-refractivity contribution in [2.24, 2.45) is 0 Å². The Labute approximate surface area is 178 Å². The monoisotopic (exact) mass is 450 g/mol. The third-order valence-electron chi connectivity index (χ3n) is 4.20. The Morgan fingerprint density at radius 2 is 1.90 bits per heavy atom. The van der Waals surface area contributed by atoms with E-state index in [9.17, 15) is 23.3 Å². The van der Waals surface area contributed by atoms with Crippen molar-refractivity contribution in [2.45, 2.75) is 11.8 Å². The third-order valence-corrected chi connectivity index (χ3v) is 5.55. The molecule has 0 spiro atoms. The molecule has 0 fully saturated rings. The lowest BCUT2D eigenvalue weighted by Crippen LogP contribution is -2.30. The molecule has 0 aliphatic heterocycles. The molecule has 0 saturated carbocycles. The molecule has 11 nitrogen and oxygen atoms in total. The number of fused-ring (bicyclic) bond motifs is 1. The molecule has 0 aliphatic rings. The Morgan fingerprint density at radius 1 is 1.19 bits per heavy atom. The number of nitro benzene ring substituents is 1. The second kappa shape index (κ2) is 9.02. The fraction of sp³-hybridized carbons (Fsp3) is 0.211. The van der Waals surface area contributed by atoms with Gasteiger partial charge in [-0.05, 0) is 31.2 Å². The molecule has 3 aromatic rings. The molecule has 4 N–H and O–H groups in total. The van der Waals surface area contributed by atoms with Gasteiger partial charge in [0.15, 0.2) is 5.76 Å². The van der Waals surface area contributed by atoms with E-state index in [1.54, 1.807) is 19.1 Å². The van der Waals surface area contributed by atoms with Crippen molar-refractivity contribution in [1.82, 2.24) is 10.9 Å². The summed E-state index contributed by atoms with van der Waals surface area (Å²) < 4.78 is 38.2. The molecule has 12 heteroatoms. The van der Waals surface area contributed by atoms with Crippen molar-refractivity contribution in [3.05, 3.63) is 58.3 Å². The summed E-state index contributed by atoms with van der Waals surface area (Å²) in [5.41, 5.74) is 0.801. The highest BCUT2D eigenvalue weighted by atomic mass is 32.2. The van der Waals surface area contributed by atoms with E-state index in [0.717, 1.165) is 17.8 Å². The van der Waals surface area contributed by atoms with Gasteiger partial charge in [-0.3, -0.25) is 14.9 Å². The number of amides is 1. The van der Waals surface area contributed by atoms with Crippen LogP contribution < -0.4 is 20.5 Å². The van der Waals surface area contributed by atoms with E-state index in [2.05, 4.69) is 0 Å². The second-order valence-corrected chi connectivity index (χ2v) is 8.13. The molecule has 0 radical (unpaired) electrons. The summed E-state index contributed by atoms with van der Waals surface area (Å²) in [7, 11) is -0.780. The fourth-order valence-corrected chi connectivity index (χ4v) is 3.85. The largest absolute Gasteiger partial charge is 0.492 e. The zero-order valence-electron chi connectivity index (χ0n) is 17.1. The second-order valence-electron chi connectivity index (χ2n) is 6.48. The summed E-state index contributed by atoms with van der Waals surface area (Å²) in [6, 6.07) is 9.83. The molecule has 2 aromatic carbocycles. The number of non-ortho nitro benzene ring substituents is 1. The summed E-state index contributed by atoms with van der Waals surface area (Å²) in [5, 5.41) is 11.7. The van der Waals surface area contributed by atoms with Gasteiger partial charge in [-0.15, -0.1) is 0 Å². The Bertz CT molecular complexity index is 1240. The first kappa shape index (κ1) is 23.6. The van der Waals surface area contributed by atoms with Gasteiger partial charge in [0.05, 0.1) is 11.5 Å². The van der Waals surface area contributed by atoms with Crippen LogP contribution in [0.5, 0.6) is 5.75 Å². The van der Waals surface area contributed by atoms with E-state index in [0.29, 0.717) is 11.0 Å². The van der Waals surface area contributed by atoms with Crippen LogP contribution in [0.1, 0.15) is 17.5 Å². The van der Waals surface area contributed by atoms with Crippen molar-refractivity contribution in [3.8, 4) is 5.75 Å². The zero-order valence-corrected chi connectivity index (χ0v) is 17.9. The number of hydrogen-bond acceptors (Lipinski definition) is 9. The van der Waals surface area contributed by atoms with Gasteiger partial charge in [-0.2, -0.15) is 0 Å². The SMILES string of the molecule is CCOc1ccc([N+](=O)[O-])cc1S(=O)(=O)NC(=O)c1cc2ccc(N(C)C)cc2o1.N. The number of furan rings is 1. The number of carbonyl (C=O) groups excluding carboxylic acids is 1. The quantitative estimate of drug-likeness (QED) is 0.406. The number of ether oxygens (including phenoxy) is 1. The predicted octanol–water partition coefficient (Wildman–Crippen LogP) is 3.09. The summed E-state index contributed by atoms with van der Waals surface area (Å²) >= 11 is 0. The number of sulfonamides is 1. The lowest BCUT2D eigenvalue weighted by atomic mass is 10.2. The number of rotatable bonds is 7. The summed E-state index contributed by atoms with van der Waals surface area (Å²) in [4.78, 5) is 24.2. The minimum atomic E-state index is -4.47. The first-order valence-electron chi connectivity index (χ1n) is 8.81. The van der Waals surface area contributed by atoms with Crippen LogP contribution in [0.15, 0.2) is 51.8 Å². The maximum atomic E-state index is 12.8. The average Bonchev–Trinajstić information content (AvgIpc) is 3.11. The normalized spacial score (nSPS) is 10.9. The molecular weight excluding hydrogens is 428 g/mol. The topological polar surface area (TPSA) is 167 Å². The van der Waals surface area contributed by atoms with E-state index in [-0.39, 0.29) is 24.3 Å². The number of nitrogens with one attached hydrogen (secondary N) is 1. The Kier molecular flexibility index (Phi) is 6.88. The number of nitro groups is 1. The number of hydrogen-bond donors (Lipinski definition) is 2. The maximum absolute atomic E-state index is 12.8. The molecular formula is C19H22N4O7S. The zero-order chi connectivity index (χ0) is 22.1. The van der Waals surface area contributed by atoms with Crippen molar-refractivity contribution < 1.29 is 27.3 Å². The smallest absolute Gasteiger partial charge is 0.300 e. The van der Waals surface area contributed by atoms with Crippen LogP contribution >= 0.6 is 0 Å². The van der Waals surface area contributed by atoms with Crippen LogP contribution in [0.4, 0.5) is 11.4 Å². The van der Waals surface area contributed by atoms with E-state index in [4.69, 9.17) is 9.15 Å². The number of anilines is 1. The van der Waals surface area contributed by atoms with E-state index in [1.165, 1.54) is 12.1 Å². The Morgan fingerprint density at radius 3 is 2.52 bits per heavy atom. The van der Waals surface area contributed by atoms with Gasteiger partial charge in [-0.1, -0.05) is 0 Å². The molecule has 0 saturated heterocycles. The van der Waals surface area contributed by atoms with E-state index < -0.39 is 31.4 Å². The van der Waals surface area contributed by atoms with Crippen LogP contribution in [0, 0.1) is 10.1 Å². The molecule has 31 heavy (non-hydrogen) atoms. The lowest BCUT2D eigenvalue weighted by Gasteiger charge is -2.11. The standard InChI is InChI=1S/C19H19N3O7S.H3N/c1-4-28-15-8-7-14(22(24)25)11-18(15)30(26,27)20-19(23)17-9-12-5-6-13(21(2)3)10-16(12)29-17;/h5-11H,4H2,1-3H3,(H,20,23);1H3. The molecule has 1 aromatic heterocycles. The van der Waals surface area contributed by atoms with Gasteiger partial charge in [0.1, 0.15) is 16.2 Å². The lowest BCUT2D eigenvalue weighted by molar-refractivity contribution is -0.385. The third kappa shape index (κ3) is 4.92. The molecule has 0 atom stereocenters. The molecule has 166 valence electrons. The molecule has 0 aliphatic carbocycles. The van der Waals surface area contributed by atoms with Crippen LogP contribution in [0.25, 0.3) is 11.0 Å². The first-order valence-corrected chi connectivity index (χ1v) is 10.3. The van der Waals surface area contributed by atoms with Gasteiger partial charge in [0.2, 0.25) is 0 Å². The highest BCUT2D eigenvalue weighted by Gasteiger charge is 2.27. The molecule has 0 unspecified atom stereocenters. The van der Waals surface area contributed by atoms with Crippen LogP contribution in [0.2, 0.25) is 0 Å². The summed E-state index contributed by atoms with van der Waals surface area (Å²) in [6.45, 7) is 1.76. The van der Waals surface area contributed by atoms with Crippen molar-refractivity contribution in [1.29, 1.82) is 0 Å². The average molecular weight is 450 g/mol. The minimum Gasteiger partial charge on any atom is -0.492 e. The van der Waals surface area contributed by atoms with Crippen molar-refractivity contribution in [2.75, 3.05) is 25.6 Å². The molecule has 3 rings (SSSR count). The predicted molar refractivity (Wildman–Crippen MR) is 114 cm³/mol. The van der Waals surface area contributed by atoms with Crippen molar-refractivity contribution in [3.63, 3.8) is 0 Å². The Hall–Kier alpha value is -3.64. The summed E-state index contributed by atoms with van der Waals surface area (Å²) in [6.07, 6.45) is 0. The van der Waals surface area contributed by atoms with Crippen molar-refractivity contribution >= 4 is 38.3 Å². The van der Waals surface area contributed by atoms with E-state index >= 15 is 0 Å². The maximum Gasteiger partial charge on any atom is 0.300 e. The number of carbonyl (C=O) groups is 1. The Balaban J connectivity index is 0.00000341. The van der Waals surface area contributed by atoms with E-state index in [1.807, 2.05) is 29.8 Å². The summed E-state index contributed by atoms with van der Waals surface area (Å²) in [5.74, 6) is -1.33.